The summed E-state index contributed by atoms with van der Waals surface area (Å²) in [7, 11) is -3.55. The Labute approximate surface area is 137 Å². The fourth-order valence-electron chi connectivity index (χ4n) is 1.58. The van der Waals surface area contributed by atoms with Crippen molar-refractivity contribution in [1.29, 1.82) is 0 Å². The zero-order chi connectivity index (χ0) is 16.2. The van der Waals surface area contributed by atoms with Crippen molar-refractivity contribution < 1.29 is 17.9 Å². The van der Waals surface area contributed by atoms with Gasteiger partial charge in [0.05, 0.1) is 18.4 Å². The smallest absolute Gasteiger partial charge is 0.239 e. The molecule has 0 aliphatic rings. The van der Waals surface area contributed by atoms with E-state index in [9.17, 15) is 13.2 Å². The van der Waals surface area contributed by atoms with Crippen molar-refractivity contribution in [1.82, 2.24) is 9.71 Å². The number of nitrogens with zero attached hydrogens (tertiary/aromatic N) is 1. The van der Waals surface area contributed by atoms with E-state index in [4.69, 9.17) is 16.3 Å². The normalized spacial score (nSPS) is 11.2. The second kappa shape index (κ2) is 7.08. The lowest BCUT2D eigenvalue weighted by atomic mass is 10.3. The Balaban J connectivity index is 1.88. The molecule has 2 rings (SSSR count). The van der Waals surface area contributed by atoms with Crippen LogP contribution in [0.1, 0.15) is 10.7 Å². The number of thiazole rings is 1. The van der Waals surface area contributed by atoms with Gasteiger partial charge in [-0.3, -0.25) is 9.52 Å². The summed E-state index contributed by atoms with van der Waals surface area (Å²) in [5, 5.41) is 3.01. The number of hydrogen-bond acceptors (Lipinski definition) is 6. The number of aromatic nitrogens is 1. The van der Waals surface area contributed by atoms with Gasteiger partial charge in [-0.25, -0.2) is 13.4 Å². The van der Waals surface area contributed by atoms with Gasteiger partial charge in [-0.15, -0.1) is 11.3 Å². The molecule has 0 saturated carbocycles. The van der Waals surface area contributed by atoms with E-state index in [0.29, 0.717) is 21.5 Å². The van der Waals surface area contributed by atoms with Gasteiger partial charge in [0.25, 0.3) is 0 Å². The van der Waals surface area contributed by atoms with E-state index in [1.54, 1.807) is 29.6 Å². The van der Waals surface area contributed by atoms with Crippen molar-refractivity contribution >= 4 is 38.9 Å². The standard InChI is InChI=1S/C13H13ClN2O4S2/c1-22(18,19)16-12(17)6-10-8-21-13(15-10)7-20-11-4-2-9(14)3-5-11/h2-5,8H,6-7H2,1H3,(H,16,17). The van der Waals surface area contributed by atoms with Crippen molar-refractivity contribution in [2.75, 3.05) is 6.26 Å². The van der Waals surface area contributed by atoms with Gasteiger partial charge in [-0.05, 0) is 24.3 Å². The number of carbonyl (C=O) groups excluding carboxylic acids is 1. The molecule has 0 aliphatic carbocycles. The van der Waals surface area contributed by atoms with Crippen molar-refractivity contribution in [3.63, 3.8) is 0 Å². The molecule has 0 bridgehead atoms. The molecule has 1 N–H and O–H groups in total. The molecule has 0 saturated heterocycles. The highest BCUT2D eigenvalue weighted by atomic mass is 35.5. The lowest BCUT2D eigenvalue weighted by Gasteiger charge is -2.03. The van der Waals surface area contributed by atoms with Crippen LogP contribution in [0.15, 0.2) is 29.6 Å². The number of nitrogens with one attached hydrogen (secondary N) is 1. The topological polar surface area (TPSA) is 85.4 Å². The molecular weight excluding hydrogens is 348 g/mol. The lowest BCUT2D eigenvalue weighted by Crippen LogP contribution is -2.30. The quantitative estimate of drug-likeness (QED) is 0.851. The number of amides is 1. The van der Waals surface area contributed by atoms with E-state index < -0.39 is 15.9 Å². The van der Waals surface area contributed by atoms with Gasteiger partial charge >= 0.3 is 0 Å². The first-order valence-electron chi connectivity index (χ1n) is 6.14. The average Bonchev–Trinajstić information content (AvgIpc) is 2.83. The molecule has 9 heteroatoms. The molecule has 22 heavy (non-hydrogen) atoms. The highest BCUT2D eigenvalue weighted by molar-refractivity contribution is 7.89. The maximum absolute atomic E-state index is 11.5. The number of hydrogen-bond donors (Lipinski definition) is 1. The lowest BCUT2D eigenvalue weighted by molar-refractivity contribution is -0.118. The highest BCUT2D eigenvalue weighted by Gasteiger charge is 2.12. The Morgan fingerprint density at radius 1 is 1.36 bits per heavy atom. The molecule has 6 nitrogen and oxygen atoms in total. The second-order valence-electron chi connectivity index (χ2n) is 4.45. The van der Waals surface area contributed by atoms with Crippen LogP contribution < -0.4 is 9.46 Å². The number of halogens is 1. The molecule has 0 fully saturated rings. The first-order chi connectivity index (χ1) is 10.3. The second-order valence-corrected chi connectivity index (χ2v) is 7.58. The summed E-state index contributed by atoms with van der Waals surface area (Å²) in [5.74, 6) is 0.0499. The maximum atomic E-state index is 11.5. The van der Waals surface area contributed by atoms with E-state index in [0.717, 1.165) is 6.26 Å². The number of ether oxygens (including phenoxy) is 1. The molecule has 0 aliphatic heterocycles. The number of sulfonamides is 1. The molecule has 1 amide bonds. The van der Waals surface area contributed by atoms with E-state index in [-0.39, 0.29) is 13.0 Å². The third-order valence-electron chi connectivity index (χ3n) is 2.42. The number of carbonyl (C=O) groups is 1. The van der Waals surface area contributed by atoms with Gasteiger partial charge in [0.1, 0.15) is 17.4 Å². The van der Waals surface area contributed by atoms with Crippen LogP contribution in [-0.2, 0) is 27.8 Å². The molecule has 0 unspecified atom stereocenters. The van der Waals surface area contributed by atoms with E-state index in [2.05, 4.69) is 4.98 Å². The van der Waals surface area contributed by atoms with Crippen LogP contribution in [-0.4, -0.2) is 25.6 Å². The zero-order valence-electron chi connectivity index (χ0n) is 11.6. The number of benzene rings is 1. The first kappa shape index (κ1) is 16.7. The molecule has 0 atom stereocenters. The largest absolute Gasteiger partial charge is 0.486 e. The van der Waals surface area contributed by atoms with Crippen molar-refractivity contribution in [2.45, 2.75) is 13.0 Å². The van der Waals surface area contributed by atoms with Crippen LogP contribution in [0.4, 0.5) is 0 Å². The van der Waals surface area contributed by atoms with Crippen LogP contribution in [0.3, 0.4) is 0 Å². The van der Waals surface area contributed by atoms with Gasteiger partial charge in [-0.1, -0.05) is 11.6 Å². The first-order valence-corrected chi connectivity index (χ1v) is 9.29. The SMILES string of the molecule is CS(=O)(=O)NC(=O)Cc1csc(COc2ccc(Cl)cc2)n1. The van der Waals surface area contributed by atoms with Crippen molar-refractivity contribution in [3.8, 4) is 5.75 Å². The minimum Gasteiger partial charge on any atom is -0.486 e. The van der Waals surface area contributed by atoms with Gasteiger partial charge in [0.15, 0.2) is 0 Å². The minimum atomic E-state index is -3.55. The molecule has 1 heterocycles. The Kier molecular flexibility index (Phi) is 5.38. The maximum Gasteiger partial charge on any atom is 0.239 e. The molecule has 1 aromatic heterocycles. The predicted molar refractivity (Wildman–Crippen MR) is 84.6 cm³/mol. The highest BCUT2D eigenvalue weighted by Crippen LogP contribution is 2.18. The van der Waals surface area contributed by atoms with Gasteiger partial charge < -0.3 is 4.74 Å². The van der Waals surface area contributed by atoms with E-state index >= 15 is 0 Å². The predicted octanol–water partition coefficient (Wildman–Crippen LogP) is 1.99. The number of rotatable bonds is 6. The summed E-state index contributed by atoms with van der Waals surface area (Å²) in [6.07, 6.45) is 0.835. The van der Waals surface area contributed by atoms with Gasteiger partial charge in [-0.2, -0.15) is 0 Å². The Morgan fingerprint density at radius 3 is 2.68 bits per heavy atom. The summed E-state index contributed by atoms with van der Waals surface area (Å²) in [6.45, 7) is 0.264. The van der Waals surface area contributed by atoms with Crippen molar-refractivity contribution in [2.24, 2.45) is 0 Å². The van der Waals surface area contributed by atoms with Crippen LogP contribution in [0.25, 0.3) is 0 Å². The summed E-state index contributed by atoms with van der Waals surface area (Å²) >= 11 is 7.12. The summed E-state index contributed by atoms with van der Waals surface area (Å²) in [6, 6.07) is 6.94. The molecule has 0 radical (unpaired) electrons. The zero-order valence-corrected chi connectivity index (χ0v) is 14.0. The van der Waals surface area contributed by atoms with Crippen LogP contribution in [0.2, 0.25) is 5.02 Å². The minimum absolute atomic E-state index is 0.0927. The fraction of sp³-hybridized carbons (Fsp3) is 0.231. The van der Waals surface area contributed by atoms with Gasteiger partial charge in [0, 0.05) is 10.4 Å². The molecule has 0 spiro atoms. The molecule has 2 aromatic rings. The van der Waals surface area contributed by atoms with Crippen LogP contribution in [0, 0.1) is 0 Å². The van der Waals surface area contributed by atoms with E-state index in [1.807, 2.05) is 4.72 Å². The third-order valence-corrected chi connectivity index (χ3v) is 4.14. The summed E-state index contributed by atoms with van der Waals surface area (Å²) in [4.78, 5) is 15.7. The van der Waals surface area contributed by atoms with Crippen LogP contribution >= 0.6 is 22.9 Å². The van der Waals surface area contributed by atoms with Crippen molar-refractivity contribution in [3.05, 3.63) is 45.4 Å². The molecule has 118 valence electrons. The Hall–Kier alpha value is -1.64. The Bertz CT molecular complexity index is 757. The molecule has 1 aromatic carbocycles. The average molecular weight is 361 g/mol. The third kappa shape index (κ3) is 5.63. The van der Waals surface area contributed by atoms with E-state index in [1.165, 1.54) is 11.3 Å². The van der Waals surface area contributed by atoms with Crippen LogP contribution in [0.5, 0.6) is 5.75 Å². The van der Waals surface area contributed by atoms with Gasteiger partial charge in [0.2, 0.25) is 15.9 Å². The Morgan fingerprint density at radius 2 is 2.05 bits per heavy atom. The fourth-order valence-corrected chi connectivity index (χ4v) is 2.90. The summed E-state index contributed by atoms with van der Waals surface area (Å²) < 4.78 is 29.3. The monoisotopic (exact) mass is 360 g/mol. The molecular formula is C13H13ClN2O4S2. The summed E-state index contributed by atoms with van der Waals surface area (Å²) in [5.41, 5.74) is 0.501.